The van der Waals surface area contributed by atoms with Crippen LogP contribution in [0.2, 0.25) is 0 Å². The first-order valence-corrected chi connectivity index (χ1v) is 11.4. The van der Waals surface area contributed by atoms with Crippen molar-refractivity contribution in [3.63, 3.8) is 0 Å². The van der Waals surface area contributed by atoms with Gasteiger partial charge in [0.1, 0.15) is 24.9 Å². The van der Waals surface area contributed by atoms with E-state index in [0.717, 1.165) is 11.4 Å². The van der Waals surface area contributed by atoms with Gasteiger partial charge in [0.25, 0.3) is 0 Å². The summed E-state index contributed by atoms with van der Waals surface area (Å²) < 4.78 is 36.8. The van der Waals surface area contributed by atoms with Crippen molar-refractivity contribution in [3.05, 3.63) is 99.5 Å². The Balaban J connectivity index is 0.000000407. The van der Waals surface area contributed by atoms with Gasteiger partial charge >= 0.3 is 24.2 Å². The van der Waals surface area contributed by atoms with E-state index < -0.39 is 18.7 Å². The van der Waals surface area contributed by atoms with Crippen molar-refractivity contribution >= 4 is 7.12 Å². The van der Waals surface area contributed by atoms with E-state index in [1.165, 1.54) is 0 Å². The van der Waals surface area contributed by atoms with Crippen LogP contribution >= 0.6 is 0 Å². The van der Waals surface area contributed by atoms with Crippen LogP contribution in [0.4, 0.5) is 0 Å². The van der Waals surface area contributed by atoms with Crippen molar-refractivity contribution in [1.82, 2.24) is 0 Å². The Morgan fingerprint density at radius 3 is 2.29 bits per heavy atom. The van der Waals surface area contributed by atoms with Crippen LogP contribution < -0.4 is 0 Å². The summed E-state index contributed by atoms with van der Waals surface area (Å²) in [5.74, 6) is -0.782. The largest absolute Gasteiger partial charge is 2.00 e. The molecule has 1 aromatic carbocycles. The normalized spacial score (nSPS) is 34.2. The molecule has 0 bridgehead atoms. The average Bonchev–Trinajstić information content (AvgIpc) is 3.60. The molecule has 2 saturated carbocycles. The summed E-state index contributed by atoms with van der Waals surface area (Å²) in [6, 6.07) is 10.0. The van der Waals surface area contributed by atoms with Crippen LogP contribution in [0.15, 0.2) is 30.3 Å². The third kappa shape index (κ3) is 6.09. The fourth-order valence-electron chi connectivity index (χ4n) is 4.55. The van der Waals surface area contributed by atoms with Crippen molar-refractivity contribution in [1.29, 1.82) is 0 Å². The second kappa shape index (κ2) is 11.7. The van der Waals surface area contributed by atoms with Crippen LogP contribution in [0.25, 0.3) is 0 Å². The molecular formula is C26H29BFeO6+2. The molecular weight excluding hydrogens is 475 g/mol. The van der Waals surface area contributed by atoms with E-state index in [2.05, 4.69) is 0 Å². The van der Waals surface area contributed by atoms with Crippen molar-refractivity contribution in [2.24, 2.45) is 0 Å². The van der Waals surface area contributed by atoms with Crippen molar-refractivity contribution in [3.8, 4) is 0 Å². The maximum absolute atomic E-state index is 6.29. The fourth-order valence-corrected chi connectivity index (χ4v) is 4.55. The maximum Gasteiger partial charge on any atom is 2.00 e. The molecule has 10 radical (unpaired) electrons. The Hall–Kier alpha value is -0.436. The van der Waals surface area contributed by atoms with Gasteiger partial charge in [-0.05, 0) is 77.2 Å². The van der Waals surface area contributed by atoms with Crippen molar-refractivity contribution < 1.29 is 45.3 Å². The van der Waals surface area contributed by atoms with E-state index in [1.54, 1.807) is 0 Å². The van der Waals surface area contributed by atoms with E-state index in [9.17, 15) is 0 Å². The van der Waals surface area contributed by atoms with Crippen LogP contribution in [-0.2, 0) is 51.9 Å². The van der Waals surface area contributed by atoms with Gasteiger partial charge in [0.15, 0.2) is 5.79 Å². The molecule has 0 N–H and O–H groups in total. The Morgan fingerprint density at radius 1 is 0.941 bits per heavy atom. The predicted octanol–water partition coefficient (Wildman–Crippen LogP) is 3.32. The third-order valence-electron chi connectivity index (χ3n) is 5.90. The van der Waals surface area contributed by atoms with Crippen LogP contribution in [0.3, 0.4) is 0 Å². The second-order valence-electron chi connectivity index (χ2n) is 8.93. The smallest absolute Gasteiger partial charge is 0.408 e. The molecule has 0 aromatic heterocycles. The SMILES string of the molecule is CC1(C)O[C@H]2[C@@H]3OB([C]4[CH][CH][CH][CH]4)OC[C@@H]3O[C@@]2(COCc2ccccc2)O1.[CH]1[CH][CH][CH][CH]1.[Fe+2]. The molecule has 6 nitrogen and oxygen atoms in total. The molecule has 0 amide bonds. The van der Waals surface area contributed by atoms with E-state index >= 15 is 0 Å². The molecule has 5 aliphatic rings. The zero-order valence-electron chi connectivity index (χ0n) is 19.3. The first-order chi connectivity index (χ1) is 16.0. The molecule has 3 saturated heterocycles. The molecule has 6 rings (SSSR count). The summed E-state index contributed by atoms with van der Waals surface area (Å²) in [5.41, 5.74) is 1.10. The summed E-state index contributed by atoms with van der Waals surface area (Å²) in [6.45, 7) is 4.93. The van der Waals surface area contributed by atoms with Crippen LogP contribution in [0.5, 0.6) is 0 Å². The molecule has 5 fully saturated rings. The number of hydrogen-bond donors (Lipinski definition) is 0. The molecule has 1 aromatic rings. The number of benzene rings is 1. The van der Waals surface area contributed by atoms with Crippen molar-refractivity contribution in [2.75, 3.05) is 13.2 Å². The minimum absolute atomic E-state index is 0. The number of rotatable bonds is 5. The minimum atomic E-state index is -1.00. The maximum atomic E-state index is 6.29. The van der Waals surface area contributed by atoms with E-state index in [-0.39, 0.29) is 42.0 Å². The zero-order valence-corrected chi connectivity index (χ0v) is 20.4. The van der Waals surface area contributed by atoms with Gasteiger partial charge in [-0.1, -0.05) is 30.3 Å². The Morgan fingerprint density at radius 2 is 1.62 bits per heavy atom. The molecule has 3 aliphatic heterocycles. The molecule has 0 unspecified atom stereocenters. The van der Waals surface area contributed by atoms with Crippen molar-refractivity contribution in [2.45, 2.75) is 50.3 Å². The molecule has 3 heterocycles. The first kappa shape index (κ1) is 26.6. The second-order valence-corrected chi connectivity index (χ2v) is 8.93. The van der Waals surface area contributed by atoms with Crippen LogP contribution in [0, 0.1) is 63.6 Å². The first-order valence-electron chi connectivity index (χ1n) is 11.4. The fraction of sp³-hybridized carbons (Fsp3) is 0.385. The Bertz CT molecular complexity index is 749. The predicted molar refractivity (Wildman–Crippen MR) is 122 cm³/mol. The molecule has 34 heavy (non-hydrogen) atoms. The summed E-state index contributed by atoms with van der Waals surface area (Å²) in [5, 5.41) is 0. The van der Waals surface area contributed by atoms with Gasteiger partial charge < -0.3 is 28.3 Å². The topological polar surface area (TPSA) is 55.4 Å². The molecule has 4 atom stereocenters. The van der Waals surface area contributed by atoms with Gasteiger partial charge in [0.2, 0.25) is 5.79 Å². The summed E-state index contributed by atoms with van der Waals surface area (Å²) >= 11 is 0. The van der Waals surface area contributed by atoms with E-state index in [4.69, 9.17) is 28.3 Å². The summed E-state index contributed by atoms with van der Waals surface area (Å²) in [4.78, 5) is 0. The molecule has 178 valence electrons. The molecule has 8 heteroatoms. The van der Waals surface area contributed by atoms with E-state index in [0.29, 0.717) is 13.2 Å². The number of fused-ring (bicyclic) bond motifs is 3. The van der Waals surface area contributed by atoms with Crippen LogP contribution in [-0.4, -0.2) is 50.2 Å². The summed E-state index contributed by atoms with van der Waals surface area (Å²) in [7, 11) is -0.423. The third-order valence-corrected chi connectivity index (χ3v) is 5.90. The standard InChI is InChI=1S/C21H24BO6.C5H5.Fe/c1-20(2)26-19-18-17(13-24-22(27-18)16-10-6-7-11-16)25-21(19,28-20)14-23-12-15-8-4-3-5-9-15;1-2-4-5-3-1;/h3-11,17-19H,12-14H2,1-2H3;1-5H;/q;;+2/t17-,18+,19-,21-;;/m0../s1. The van der Waals surface area contributed by atoms with Gasteiger partial charge in [-0.15, -0.1) is 0 Å². The van der Waals surface area contributed by atoms with Gasteiger partial charge in [-0.3, -0.25) is 0 Å². The minimum Gasteiger partial charge on any atom is -0.408 e. The zero-order chi connectivity index (χ0) is 22.7. The van der Waals surface area contributed by atoms with Gasteiger partial charge in [-0.2, -0.15) is 0 Å². The van der Waals surface area contributed by atoms with Gasteiger partial charge in [-0.25, -0.2) is 0 Å². The average molecular weight is 504 g/mol. The van der Waals surface area contributed by atoms with Gasteiger partial charge in [0.05, 0.1) is 13.2 Å². The van der Waals surface area contributed by atoms with E-state index in [1.807, 2.05) is 102 Å². The van der Waals surface area contributed by atoms with Crippen LogP contribution in [0.1, 0.15) is 19.4 Å². The Kier molecular flexibility index (Phi) is 9.19. The quantitative estimate of drug-likeness (QED) is 0.574. The number of ether oxygens (including phenoxy) is 4. The number of hydrogen-bond acceptors (Lipinski definition) is 6. The molecule has 0 spiro atoms. The van der Waals surface area contributed by atoms with Gasteiger partial charge in [0, 0.05) is 5.82 Å². The Labute approximate surface area is 215 Å². The monoisotopic (exact) mass is 504 g/mol. The molecule has 2 aliphatic carbocycles. The summed E-state index contributed by atoms with van der Waals surface area (Å²) in [6.07, 6.45) is 17.0.